The number of carbonyl (C=O) groups is 2. The number of hydrogen-bond acceptors (Lipinski definition) is 3. The van der Waals surface area contributed by atoms with Crippen molar-refractivity contribution in [3.05, 3.63) is 34.4 Å². The SMILES string of the molecule is CC(C)(C)OC(=O)NC1CCCN(C(=O)c2cc3cc(Br)ccc3[nH]2)C1. The second kappa shape index (κ2) is 7.31. The Hall–Kier alpha value is -2.02. The molecule has 1 unspecified atom stereocenters. The quantitative estimate of drug-likeness (QED) is 0.767. The highest BCUT2D eigenvalue weighted by molar-refractivity contribution is 9.10. The molecule has 1 aliphatic heterocycles. The lowest BCUT2D eigenvalue weighted by atomic mass is 10.1. The van der Waals surface area contributed by atoms with Gasteiger partial charge in [-0.3, -0.25) is 4.79 Å². The molecule has 2 aromatic rings. The third-order valence-electron chi connectivity index (χ3n) is 4.24. The standard InChI is InChI=1S/C19H24BrN3O3/c1-19(2,3)26-18(25)21-14-5-4-8-23(11-14)17(24)16-10-12-9-13(20)6-7-15(12)22-16/h6-7,9-10,14,22H,4-5,8,11H2,1-3H3,(H,21,25). The highest BCUT2D eigenvalue weighted by Crippen LogP contribution is 2.22. The molecule has 1 aliphatic rings. The highest BCUT2D eigenvalue weighted by Gasteiger charge is 2.27. The van der Waals surface area contributed by atoms with Crippen LogP contribution in [-0.4, -0.2) is 46.6 Å². The van der Waals surface area contributed by atoms with Gasteiger partial charge in [0.1, 0.15) is 11.3 Å². The average molecular weight is 422 g/mol. The van der Waals surface area contributed by atoms with E-state index < -0.39 is 11.7 Å². The minimum atomic E-state index is -0.535. The fraction of sp³-hybridized carbons (Fsp3) is 0.474. The molecule has 2 N–H and O–H groups in total. The zero-order chi connectivity index (χ0) is 18.9. The number of nitrogens with one attached hydrogen (secondary N) is 2. The summed E-state index contributed by atoms with van der Waals surface area (Å²) in [6, 6.07) is 7.63. The molecule has 3 rings (SSSR count). The van der Waals surface area contributed by atoms with Crippen LogP contribution in [-0.2, 0) is 4.74 Å². The van der Waals surface area contributed by atoms with Crippen molar-refractivity contribution in [1.82, 2.24) is 15.2 Å². The van der Waals surface area contributed by atoms with Gasteiger partial charge in [-0.25, -0.2) is 4.79 Å². The van der Waals surface area contributed by atoms with Gasteiger partial charge in [-0.2, -0.15) is 0 Å². The van der Waals surface area contributed by atoms with Crippen LogP contribution in [0.5, 0.6) is 0 Å². The molecule has 6 nitrogen and oxygen atoms in total. The Labute approximate surface area is 161 Å². The van der Waals surface area contributed by atoms with E-state index in [4.69, 9.17) is 4.74 Å². The summed E-state index contributed by atoms with van der Waals surface area (Å²) in [4.78, 5) is 29.8. The van der Waals surface area contributed by atoms with Crippen molar-refractivity contribution in [1.29, 1.82) is 0 Å². The molecule has 0 saturated carbocycles. The van der Waals surface area contributed by atoms with Crippen molar-refractivity contribution in [3.8, 4) is 0 Å². The molecule has 1 aromatic heterocycles. The normalized spacial score (nSPS) is 18.0. The van der Waals surface area contributed by atoms with Crippen LogP contribution in [0.1, 0.15) is 44.1 Å². The number of amides is 2. The number of aromatic amines is 1. The maximum absolute atomic E-state index is 12.9. The number of ether oxygens (including phenoxy) is 1. The first-order valence-corrected chi connectivity index (χ1v) is 9.58. The number of rotatable bonds is 2. The Kier molecular flexibility index (Phi) is 5.27. The average Bonchev–Trinajstić information content (AvgIpc) is 2.95. The van der Waals surface area contributed by atoms with Crippen LogP contribution in [0.15, 0.2) is 28.7 Å². The van der Waals surface area contributed by atoms with Crippen molar-refractivity contribution in [3.63, 3.8) is 0 Å². The summed E-state index contributed by atoms with van der Waals surface area (Å²) < 4.78 is 6.28. The third-order valence-corrected chi connectivity index (χ3v) is 4.74. The van der Waals surface area contributed by atoms with Crippen molar-refractivity contribution in [2.45, 2.75) is 45.3 Å². The largest absolute Gasteiger partial charge is 0.444 e. The lowest BCUT2D eigenvalue weighted by Crippen LogP contribution is -2.50. The molecule has 1 saturated heterocycles. The van der Waals surface area contributed by atoms with E-state index in [0.717, 1.165) is 28.2 Å². The van der Waals surface area contributed by atoms with Crippen LogP contribution in [0, 0.1) is 0 Å². The van der Waals surface area contributed by atoms with E-state index in [9.17, 15) is 9.59 Å². The predicted molar refractivity (Wildman–Crippen MR) is 104 cm³/mol. The Morgan fingerprint density at radius 2 is 2.08 bits per heavy atom. The number of hydrogen-bond donors (Lipinski definition) is 2. The van der Waals surface area contributed by atoms with E-state index in [1.807, 2.05) is 45.0 Å². The fourth-order valence-electron chi connectivity index (χ4n) is 3.14. The number of aromatic nitrogens is 1. The fourth-order valence-corrected chi connectivity index (χ4v) is 3.52. The van der Waals surface area contributed by atoms with Gasteiger partial charge in [-0.1, -0.05) is 15.9 Å². The number of likely N-dealkylation sites (tertiary alicyclic amines) is 1. The van der Waals surface area contributed by atoms with Crippen LogP contribution in [0.4, 0.5) is 4.79 Å². The topological polar surface area (TPSA) is 74.4 Å². The van der Waals surface area contributed by atoms with E-state index in [0.29, 0.717) is 18.8 Å². The zero-order valence-corrected chi connectivity index (χ0v) is 16.9. The minimum absolute atomic E-state index is 0.0481. The maximum atomic E-state index is 12.9. The van der Waals surface area contributed by atoms with Gasteiger partial charge in [0.15, 0.2) is 0 Å². The van der Waals surface area contributed by atoms with Gasteiger partial charge in [-0.05, 0) is 57.9 Å². The summed E-state index contributed by atoms with van der Waals surface area (Å²) >= 11 is 3.45. The molecule has 1 aromatic carbocycles. The molecule has 1 atom stereocenters. The van der Waals surface area contributed by atoms with Crippen molar-refractivity contribution >= 4 is 38.8 Å². The van der Waals surface area contributed by atoms with Crippen molar-refractivity contribution in [2.24, 2.45) is 0 Å². The van der Waals surface area contributed by atoms with Crippen LogP contribution in [0.3, 0.4) is 0 Å². The number of halogens is 1. The summed E-state index contributed by atoms with van der Waals surface area (Å²) in [5.74, 6) is -0.0481. The van der Waals surface area contributed by atoms with Gasteiger partial charge < -0.3 is 19.9 Å². The van der Waals surface area contributed by atoms with Gasteiger partial charge in [0.25, 0.3) is 5.91 Å². The Bertz CT molecular complexity index is 825. The van der Waals surface area contributed by atoms with Crippen molar-refractivity contribution < 1.29 is 14.3 Å². The first kappa shape index (κ1) is 18.8. The summed E-state index contributed by atoms with van der Waals surface area (Å²) in [6.07, 6.45) is 1.24. The molecule has 1 fully saturated rings. The molecule has 0 spiro atoms. The van der Waals surface area contributed by atoms with Gasteiger partial charge in [-0.15, -0.1) is 0 Å². The first-order chi connectivity index (χ1) is 12.2. The molecule has 0 radical (unpaired) electrons. The molecule has 140 valence electrons. The lowest BCUT2D eigenvalue weighted by Gasteiger charge is -2.33. The number of nitrogens with zero attached hydrogens (tertiary/aromatic N) is 1. The molecule has 2 amide bonds. The monoisotopic (exact) mass is 421 g/mol. The molecular weight excluding hydrogens is 398 g/mol. The van der Waals surface area contributed by atoms with Gasteiger partial charge in [0.2, 0.25) is 0 Å². The summed E-state index contributed by atoms with van der Waals surface area (Å²) in [5, 5.41) is 3.86. The second-order valence-electron chi connectivity index (χ2n) is 7.65. The van der Waals surface area contributed by atoms with E-state index >= 15 is 0 Å². The first-order valence-electron chi connectivity index (χ1n) is 8.78. The Morgan fingerprint density at radius 3 is 2.81 bits per heavy atom. The molecular formula is C19H24BrN3O3. The van der Waals surface area contributed by atoms with E-state index in [1.54, 1.807) is 4.90 Å². The number of fused-ring (bicyclic) bond motifs is 1. The molecule has 2 heterocycles. The van der Waals surface area contributed by atoms with Crippen LogP contribution < -0.4 is 5.32 Å². The highest BCUT2D eigenvalue weighted by atomic mass is 79.9. The van der Waals surface area contributed by atoms with Gasteiger partial charge >= 0.3 is 6.09 Å². The zero-order valence-electron chi connectivity index (χ0n) is 15.3. The van der Waals surface area contributed by atoms with Crippen LogP contribution >= 0.6 is 15.9 Å². The number of piperidine rings is 1. The van der Waals surface area contributed by atoms with E-state index in [1.165, 1.54) is 0 Å². The third kappa shape index (κ3) is 4.58. The number of carbonyl (C=O) groups excluding carboxylic acids is 2. The summed E-state index contributed by atoms with van der Waals surface area (Å²) in [5.41, 5.74) is 0.959. The van der Waals surface area contributed by atoms with Gasteiger partial charge in [0.05, 0.1) is 0 Å². The van der Waals surface area contributed by atoms with Crippen LogP contribution in [0.2, 0.25) is 0 Å². The number of H-pyrrole nitrogens is 1. The van der Waals surface area contributed by atoms with Crippen LogP contribution in [0.25, 0.3) is 10.9 Å². The maximum Gasteiger partial charge on any atom is 0.407 e. The van der Waals surface area contributed by atoms with Crippen molar-refractivity contribution in [2.75, 3.05) is 13.1 Å². The minimum Gasteiger partial charge on any atom is -0.444 e. The molecule has 0 bridgehead atoms. The number of benzene rings is 1. The van der Waals surface area contributed by atoms with E-state index in [-0.39, 0.29) is 11.9 Å². The molecule has 26 heavy (non-hydrogen) atoms. The summed E-state index contributed by atoms with van der Waals surface area (Å²) in [7, 11) is 0. The molecule has 7 heteroatoms. The molecule has 0 aliphatic carbocycles. The Balaban J connectivity index is 1.66. The smallest absolute Gasteiger partial charge is 0.407 e. The number of alkyl carbamates (subject to hydrolysis) is 1. The summed E-state index contributed by atoms with van der Waals surface area (Å²) in [6.45, 7) is 6.66. The Morgan fingerprint density at radius 1 is 1.31 bits per heavy atom. The van der Waals surface area contributed by atoms with Gasteiger partial charge in [0, 0.05) is 34.5 Å². The lowest BCUT2D eigenvalue weighted by molar-refractivity contribution is 0.0451. The second-order valence-corrected chi connectivity index (χ2v) is 8.57. The predicted octanol–water partition coefficient (Wildman–Crippen LogP) is 4.06. The van der Waals surface area contributed by atoms with E-state index in [2.05, 4.69) is 26.2 Å².